The van der Waals surface area contributed by atoms with Crippen LogP contribution in [0.3, 0.4) is 0 Å². The van der Waals surface area contributed by atoms with E-state index in [0.29, 0.717) is 6.42 Å². The molecule has 120 valence electrons. The van der Waals surface area contributed by atoms with Gasteiger partial charge in [0.1, 0.15) is 0 Å². The van der Waals surface area contributed by atoms with E-state index in [9.17, 15) is 18.0 Å². The molecule has 1 amide bonds. The Morgan fingerprint density at radius 3 is 2.24 bits per heavy atom. The van der Waals surface area contributed by atoms with Crippen LogP contribution in [0.2, 0.25) is 0 Å². The second-order valence-electron chi connectivity index (χ2n) is 6.91. The number of rotatable bonds is 5. The minimum atomic E-state index is -3.07. The first kappa shape index (κ1) is 16.3. The van der Waals surface area contributed by atoms with Gasteiger partial charge in [-0.3, -0.25) is 9.59 Å². The van der Waals surface area contributed by atoms with Crippen LogP contribution in [0.1, 0.15) is 51.9 Å². The van der Waals surface area contributed by atoms with Gasteiger partial charge in [-0.05, 0) is 31.6 Å². The first-order valence-corrected chi connectivity index (χ1v) is 9.19. The quantitative estimate of drug-likeness (QED) is 0.791. The van der Waals surface area contributed by atoms with E-state index in [2.05, 4.69) is 5.32 Å². The molecule has 0 aromatic rings. The summed E-state index contributed by atoms with van der Waals surface area (Å²) in [4.78, 5) is 23.3. The molecule has 21 heavy (non-hydrogen) atoms. The molecular formula is C14H23NO5S. The molecular weight excluding hydrogens is 294 g/mol. The summed E-state index contributed by atoms with van der Waals surface area (Å²) in [6, 6.07) is 0. The van der Waals surface area contributed by atoms with Crippen LogP contribution in [0.5, 0.6) is 0 Å². The first-order valence-electron chi connectivity index (χ1n) is 7.37. The molecule has 1 aliphatic heterocycles. The van der Waals surface area contributed by atoms with Crippen molar-refractivity contribution in [1.29, 1.82) is 0 Å². The summed E-state index contributed by atoms with van der Waals surface area (Å²) in [6.45, 7) is 1.74. The summed E-state index contributed by atoms with van der Waals surface area (Å²) < 4.78 is 23.1. The van der Waals surface area contributed by atoms with Gasteiger partial charge in [0.25, 0.3) is 0 Å². The minimum absolute atomic E-state index is 0.00936. The molecule has 1 heterocycles. The molecule has 1 saturated carbocycles. The second-order valence-corrected chi connectivity index (χ2v) is 9.09. The Bertz CT molecular complexity index is 536. The van der Waals surface area contributed by atoms with E-state index >= 15 is 0 Å². The number of amides is 1. The molecule has 1 atom stereocenters. The number of carbonyl (C=O) groups is 2. The van der Waals surface area contributed by atoms with E-state index in [1.807, 2.05) is 0 Å². The molecule has 7 heteroatoms. The summed E-state index contributed by atoms with van der Waals surface area (Å²) in [7, 11) is -3.07. The zero-order valence-electron chi connectivity index (χ0n) is 12.4. The number of carboxylic acids is 1. The standard InChI is InChI=1S/C14H23NO5S/c1-13(6-7-21(19,20)10-13)15-11(16)8-14(9-12(17)18)4-2-3-5-14/h2-10H2,1H3,(H,15,16)(H,17,18). The lowest BCUT2D eigenvalue weighted by atomic mass is 9.79. The molecule has 0 aromatic heterocycles. The fraction of sp³-hybridized carbons (Fsp3) is 0.857. The first-order chi connectivity index (χ1) is 9.64. The fourth-order valence-corrected chi connectivity index (χ4v) is 5.79. The van der Waals surface area contributed by atoms with E-state index in [1.54, 1.807) is 6.92 Å². The lowest BCUT2D eigenvalue weighted by Gasteiger charge is -2.30. The summed E-state index contributed by atoms with van der Waals surface area (Å²) in [6.07, 6.45) is 4.01. The predicted octanol–water partition coefficient (Wildman–Crippen LogP) is 1.11. The summed E-state index contributed by atoms with van der Waals surface area (Å²) in [5.74, 6) is -1.03. The molecule has 6 nitrogen and oxygen atoms in total. The lowest BCUT2D eigenvalue weighted by Crippen LogP contribution is -2.48. The number of carboxylic acid groups (broad SMARTS) is 1. The molecule has 1 unspecified atom stereocenters. The maximum Gasteiger partial charge on any atom is 0.303 e. The molecule has 2 aliphatic rings. The predicted molar refractivity (Wildman–Crippen MR) is 77.6 cm³/mol. The van der Waals surface area contributed by atoms with Gasteiger partial charge < -0.3 is 10.4 Å². The van der Waals surface area contributed by atoms with Crippen LogP contribution in [0.15, 0.2) is 0 Å². The van der Waals surface area contributed by atoms with Crippen molar-refractivity contribution in [3.8, 4) is 0 Å². The van der Waals surface area contributed by atoms with Crippen LogP contribution < -0.4 is 5.32 Å². The highest BCUT2D eigenvalue weighted by molar-refractivity contribution is 7.91. The average Bonchev–Trinajstić information content (AvgIpc) is 2.82. The second kappa shape index (κ2) is 5.59. The van der Waals surface area contributed by atoms with Gasteiger partial charge in [0.05, 0.1) is 23.5 Å². The number of nitrogens with one attached hydrogen (secondary N) is 1. The van der Waals surface area contributed by atoms with E-state index in [4.69, 9.17) is 5.11 Å². The normalized spacial score (nSPS) is 30.1. The summed E-state index contributed by atoms with van der Waals surface area (Å²) in [5.41, 5.74) is -1.16. The highest BCUT2D eigenvalue weighted by atomic mass is 32.2. The van der Waals surface area contributed by atoms with Crippen LogP contribution in [0.25, 0.3) is 0 Å². The van der Waals surface area contributed by atoms with Crippen LogP contribution in [0.4, 0.5) is 0 Å². The van der Waals surface area contributed by atoms with E-state index in [1.165, 1.54) is 0 Å². The zero-order valence-corrected chi connectivity index (χ0v) is 13.2. The van der Waals surface area contributed by atoms with Crippen LogP contribution in [0, 0.1) is 5.41 Å². The zero-order chi connectivity index (χ0) is 15.7. The third-order valence-electron chi connectivity index (χ3n) is 4.67. The summed E-state index contributed by atoms with van der Waals surface area (Å²) in [5, 5.41) is 11.9. The van der Waals surface area contributed by atoms with E-state index < -0.39 is 26.8 Å². The Kier molecular flexibility index (Phi) is 4.33. The van der Waals surface area contributed by atoms with E-state index in [-0.39, 0.29) is 30.3 Å². The van der Waals surface area contributed by atoms with Gasteiger partial charge >= 0.3 is 5.97 Å². The third kappa shape index (κ3) is 4.18. The molecule has 2 fully saturated rings. The molecule has 0 spiro atoms. The van der Waals surface area contributed by atoms with Gasteiger partial charge in [-0.2, -0.15) is 0 Å². The Labute approximate surface area is 125 Å². The molecule has 0 bridgehead atoms. The van der Waals surface area contributed by atoms with E-state index in [0.717, 1.165) is 25.7 Å². The maximum absolute atomic E-state index is 12.3. The molecule has 2 rings (SSSR count). The van der Waals surface area contributed by atoms with Gasteiger partial charge in [0.2, 0.25) is 5.91 Å². The Hall–Kier alpha value is -1.11. The number of aliphatic carboxylic acids is 1. The third-order valence-corrected chi connectivity index (χ3v) is 6.57. The largest absolute Gasteiger partial charge is 0.481 e. The van der Waals surface area contributed by atoms with Gasteiger partial charge in [0, 0.05) is 6.42 Å². The Morgan fingerprint density at radius 1 is 1.14 bits per heavy atom. The Balaban J connectivity index is 1.99. The lowest BCUT2D eigenvalue weighted by molar-refractivity contribution is -0.140. The monoisotopic (exact) mass is 317 g/mol. The van der Waals surface area contributed by atoms with Crippen molar-refractivity contribution in [3.05, 3.63) is 0 Å². The molecule has 1 saturated heterocycles. The molecule has 2 N–H and O–H groups in total. The Morgan fingerprint density at radius 2 is 1.76 bits per heavy atom. The SMILES string of the molecule is CC1(NC(=O)CC2(CC(=O)O)CCCC2)CCS(=O)(=O)C1. The van der Waals surface area contributed by atoms with Crippen LogP contribution in [-0.2, 0) is 19.4 Å². The topological polar surface area (TPSA) is 101 Å². The van der Waals surface area contributed by atoms with Crippen molar-refractivity contribution in [3.63, 3.8) is 0 Å². The highest BCUT2D eigenvalue weighted by Crippen LogP contribution is 2.44. The average molecular weight is 317 g/mol. The van der Waals surface area contributed by atoms with Crippen molar-refractivity contribution < 1.29 is 23.1 Å². The van der Waals surface area contributed by atoms with Crippen molar-refractivity contribution in [2.45, 2.75) is 57.4 Å². The van der Waals surface area contributed by atoms with Crippen LogP contribution in [-0.4, -0.2) is 42.4 Å². The fourth-order valence-electron chi connectivity index (χ4n) is 3.69. The molecule has 1 aliphatic carbocycles. The molecule has 0 radical (unpaired) electrons. The summed E-state index contributed by atoms with van der Waals surface area (Å²) >= 11 is 0. The van der Waals surface area contributed by atoms with Gasteiger partial charge in [0.15, 0.2) is 9.84 Å². The number of sulfone groups is 1. The highest BCUT2D eigenvalue weighted by Gasteiger charge is 2.42. The van der Waals surface area contributed by atoms with Gasteiger partial charge in [-0.1, -0.05) is 12.8 Å². The van der Waals surface area contributed by atoms with Crippen molar-refractivity contribution >= 4 is 21.7 Å². The number of hydrogen-bond donors (Lipinski definition) is 2. The van der Waals surface area contributed by atoms with Crippen molar-refractivity contribution in [2.24, 2.45) is 5.41 Å². The smallest absolute Gasteiger partial charge is 0.303 e. The van der Waals surface area contributed by atoms with Crippen molar-refractivity contribution in [2.75, 3.05) is 11.5 Å². The molecule has 0 aromatic carbocycles. The van der Waals surface area contributed by atoms with Gasteiger partial charge in [-0.25, -0.2) is 8.42 Å². The van der Waals surface area contributed by atoms with Gasteiger partial charge in [-0.15, -0.1) is 0 Å². The minimum Gasteiger partial charge on any atom is -0.481 e. The maximum atomic E-state index is 12.3. The number of hydrogen-bond acceptors (Lipinski definition) is 4. The van der Waals surface area contributed by atoms with Crippen molar-refractivity contribution in [1.82, 2.24) is 5.32 Å². The number of carbonyl (C=O) groups excluding carboxylic acids is 1. The van der Waals surface area contributed by atoms with Crippen LogP contribution >= 0.6 is 0 Å².